The van der Waals surface area contributed by atoms with Gasteiger partial charge in [-0.15, -0.1) is 0 Å². The Balaban J connectivity index is 2.25. The van der Waals surface area contributed by atoms with Gasteiger partial charge in [-0.2, -0.15) is 0 Å². The summed E-state index contributed by atoms with van der Waals surface area (Å²) in [5, 5.41) is 14.2. The zero-order valence-corrected chi connectivity index (χ0v) is 17.8. The highest BCUT2D eigenvalue weighted by atomic mass is 16.6. The van der Waals surface area contributed by atoms with Gasteiger partial charge in [-0.3, -0.25) is 19.7 Å². The largest absolute Gasteiger partial charge is 0.354 e. The number of aryl methyl sites for hydroxylation is 1. The van der Waals surface area contributed by atoms with E-state index in [1.54, 1.807) is 25.1 Å². The van der Waals surface area contributed by atoms with Gasteiger partial charge in [0.15, 0.2) is 0 Å². The quantitative estimate of drug-likeness (QED) is 0.366. The second kappa shape index (κ2) is 11.1. The predicted octanol–water partition coefficient (Wildman–Crippen LogP) is 3.78. The number of hydrogen-bond acceptors (Lipinski definition) is 4. The molecule has 0 aliphatic heterocycles. The van der Waals surface area contributed by atoms with Crippen LogP contribution in [-0.4, -0.2) is 34.2 Å². The van der Waals surface area contributed by atoms with E-state index < -0.39 is 11.0 Å². The van der Waals surface area contributed by atoms with Gasteiger partial charge in [0.05, 0.1) is 11.3 Å². The van der Waals surface area contributed by atoms with Gasteiger partial charge >= 0.3 is 0 Å². The second-order valence-corrected chi connectivity index (χ2v) is 7.39. The van der Waals surface area contributed by atoms with Crippen molar-refractivity contribution in [2.45, 2.75) is 52.6 Å². The van der Waals surface area contributed by atoms with Crippen molar-refractivity contribution in [2.75, 3.05) is 6.54 Å². The molecule has 2 rings (SSSR count). The molecule has 2 amide bonds. The zero-order chi connectivity index (χ0) is 22.1. The Hall–Kier alpha value is -3.22. The van der Waals surface area contributed by atoms with Crippen molar-refractivity contribution in [3.8, 4) is 0 Å². The highest BCUT2D eigenvalue weighted by Gasteiger charge is 2.27. The second-order valence-electron chi connectivity index (χ2n) is 7.39. The number of nitrogens with zero attached hydrogens (tertiary/aromatic N) is 2. The van der Waals surface area contributed by atoms with Gasteiger partial charge in [-0.05, 0) is 25.8 Å². The molecule has 0 aliphatic rings. The van der Waals surface area contributed by atoms with Gasteiger partial charge < -0.3 is 10.2 Å². The van der Waals surface area contributed by atoms with Crippen molar-refractivity contribution in [3.63, 3.8) is 0 Å². The summed E-state index contributed by atoms with van der Waals surface area (Å²) in [4.78, 5) is 38.1. The highest BCUT2D eigenvalue weighted by Crippen LogP contribution is 2.20. The van der Waals surface area contributed by atoms with Gasteiger partial charge in [0.2, 0.25) is 11.8 Å². The summed E-state index contributed by atoms with van der Waals surface area (Å²) in [5.74, 6) is -0.561. The minimum atomic E-state index is -0.696. The van der Waals surface area contributed by atoms with Crippen LogP contribution in [0.1, 0.15) is 43.4 Å². The molecule has 0 spiro atoms. The topological polar surface area (TPSA) is 92.6 Å². The van der Waals surface area contributed by atoms with Crippen LogP contribution in [0.4, 0.5) is 5.69 Å². The number of para-hydroxylation sites is 1. The number of nitrogens with one attached hydrogen (secondary N) is 1. The van der Waals surface area contributed by atoms with Crippen molar-refractivity contribution in [1.82, 2.24) is 10.2 Å². The Bertz CT molecular complexity index is 880. The van der Waals surface area contributed by atoms with E-state index in [9.17, 15) is 19.7 Å². The average Bonchev–Trinajstić information content (AvgIpc) is 2.73. The van der Waals surface area contributed by atoms with Crippen molar-refractivity contribution in [2.24, 2.45) is 0 Å². The molecule has 7 heteroatoms. The van der Waals surface area contributed by atoms with Crippen LogP contribution in [0.3, 0.4) is 0 Å². The third-order valence-corrected chi connectivity index (χ3v) is 5.00. The molecule has 2 aromatic rings. The number of rotatable bonds is 10. The SMILES string of the molecule is CCCCNC(=O)C(C)N(Cc1ccc(C)cc1)C(=O)Cc1ccccc1[N+](=O)[O-]. The van der Waals surface area contributed by atoms with E-state index in [2.05, 4.69) is 5.32 Å². The fourth-order valence-corrected chi connectivity index (χ4v) is 3.11. The molecule has 0 saturated heterocycles. The van der Waals surface area contributed by atoms with Crippen molar-refractivity contribution in [3.05, 3.63) is 75.3 Å². The van der Waals surface area contributed by atoms with Crippen LogP contribution in [0, 0.1) is 17.0 Å². The van der Waals surface area contributed by atoms with Crippen molar-refractivity contribution < 1.29 is 14.5 Å². The smallest absolute Gasteiger partial charge is 0.273 e. The van der Waals surface area contributed by atoms with E-state index in [1.165, 1.54) is 11.0 Å². The van der Waals surface area contributed by atoms with Crippen molar-refractivity contribution in [1.29, 1.82) is 0 Å². The molecule has 7 nitrogen and oxygen atoms in total. The normalized spacial score (nSPS) is 11.6. The van der Waals surface area contributed by atoms with Crippen LogP contribution in [0.25, 0.3) is 0 Å². The minimum Gasteiger partial charge on any atom is -0.354 e. The molecule has 0 radical (unpaired) electrons. The molecule has 30 heavy (non-hydrogen) atoms. The summed E-state index contributed by atoms with van der Waals surface area (Å²) < 4.78 is 0. The Kier molecular flexibility index (Phi) is 8.53. The Morgan fingerprint density at radius 2 is 1.80 bits per heavy atom. The fourth-order valence-electron chi connectivity index (χ4n) is 3.11. The number of benzene rings is 2. The lowest BCUT2D eigenvalue weighted by atomic mass is 10.1. The molecule has 0 bridgehead atoms. The molecule has 0 saturated carbocycles. The van der Waals surface area contributed by atoms with E-state index in [4.69, 9.17) is 0 Å². The summed E-state index contributed by atoms with van der Waals surface area (Å²) in [6.45, 7) is 6.51. The number of nitro benzene ring substituents is 1. The lowest BCUT2D eigenvalue weighted by Crippen LogP contribution is -2.48. The average molecular weight is 412 g/mol. The first-order chi connectivity index (χ1) is 14.3. The van der Waals surface area contributed by atoms with E-state index in [0.717, 1.165) is 24.0 Å². The standard InChI is InChI=1S/C23H29N3O4/c1-4-5-14-24-23(28)18(3)25(16-19-12-10-17(2)11-13-19)22(27)15-20-8-6-7-9-21(20)26(29)30/h6-13,18H,4-5,14-16H2,1-3H3,(H,24,28). The summed E-state index contributed by atoms with van der Waals surface area (Å²) in [6.07, 6.45) is 1.68. The summed E-state index contributed by atoms with van der Waals surface area (Å²) in [7, 11) is 0. The van der Waals surface area contributed by atoms with Crippen LogP contribution in [0.2, 0.25) is 0 Å². The monoisotopic (exact) mass is 411 g/mol. The van der Waals surface area contributed by atoms with Gasteiger partial charge in [0.1, 0.15) is 6.04 Å². The highest BCUT2D eigenvalue weighted by molar-refractivity contribution is 5.88. The zero-order valence-electron chi connectivity index (χ0n) is 17.8. The minimum absolute atomic E-state index is 0.0961. The maximum absolute atomic E-state index is 13.2. The van der Waals surface area contributed by atoms with E-state index in [0.29, 0.717) is 12.1 Å². The maximum atomic E-state index is 13.2. The van der Waals surface area contributed by atoms with Gasteiger partial charge in [0, 0.05) is 24.7 Å². The first kappa shape index (κ1) is 23.1. The summed E-state index contributed by atoms with van der Waals surface area (Å²) in [5.41, 5.74) is 2.23. The van der Waals surface area contributed by atoms with Gasteiger partial charge in [0.25, 0.3) is 5.69 Å². The molecule has 1 unspecified atom stereocenters. The molecule has 160 valence electrons. The first-order valence-corrected chi connectivity index (χ1v) is 10.2. The number of unbranched alkanes of at least 4 members (excludes halogenated alkanes) is 1. The first-order valence-electron chi connectivity index (χ1n) is 10.2. The lowest BCUT2D eigenvalue weighted by Gasteiger charge is -2.29. The molecule has 2 aromatic carbocycles. The molecule has 1 atom stereocenters. The lowest BCUT2D eigenvalue weighted by molar-refractivity contribution is -0.385. The number of carbonyl (C=O) groups excluding carboxylic acids is 2. The van der Waals surface area contributed by atoms with E-state index in [-0.39, 0.29) is 30.5 Å². The maximum Gasteiger partial charge on any atom is 0.273 e. The molecule has 0 fully saturated rings. The summed E-state index contributed by atoms with van der Waals surface area (Å²) >= 11 is 0. The Labute approximate surface area is 177 Å². The van der Waals surface area contributed by atoms with Gasteiger partial charge in [-0.25, -0.2) is 0 Å². The molecule has 0 aliphatic carbocycles. The van der Waals surface area contributed by atoms with Gasteiger partial charge in [-0.1, -0.05) is 61.4 Å². The molecule has 1 N–H and O–H groups in total. The van der Waals surface area contributed by atoms with Crippen LogP contribution in [0.5, 0.6) is 0 Å². The number of hydrogen-bond donors (Lipinski definition) is 1. The van der Waals surface area contributed by atoms with E-state index in [1.807, 2.05) is 38.1 Å². The molecular formula is C23H29N3O4. The fraction of sp³-hybridized carbons (Fsp3) is 0.391. The van der Waals surface area contributed by atoms with E-state index >= 15 is 0 Å². The van der Waals surface area contributed by atoms with Crippen molar-refractivity contribution >= 4 is 17.5 Å². The Morgan fingerprint density at radius 3 is 2.43 bits per heavy atom. The third kappa shape index (κ3) is 6.40. The number of carbonyl (C=O) groups is 2. The van der Waals surface area contributed by atoms with Crippen LogP contribution < -0.4 is 5.32 Å². The number of nitro groups is 1. The Morgan fingerprint density at radius 1 is 1.13 bits per heavy atom. The third-order valence-electron chi connectivity index (χ3n) is 5.00. The van der Waals surface area contributed by atoms with Crippen LogP contribution in [-0.2, 0) is 22.6 Å². The molecule has 0 heterocycles. The number of amides is 2. The van der Waals surface area contributed by atoms with Crippen LogP contribution in [0.15, 0.2) is 48.5 Å². The predicted molar refractivity (Wildman–Crippen MR) is 116 cm³/mol. The molecular weight excluding hydrogens is 382 g/mol. The summed E-state index contributed by atoms with van der Waals surface area (Å²) in [6, 6.07) is 13.2. The van der Waals surface area contributed by atoms with Crippen LogP contribution >= 0.6 is 0 Å². The molecule has 0 aromatic heterocycles.